The van der Waals surface area contributed by atoms with Gasteiger partial charge in [0.05, 0.1) is 6.04 Å². The van der Waals surface area contributed by atoms with E-state index < -0.39 is 6.04 Å². The molecule has 1 unspecified atom stereocenters. The molecule has 1 aliphatic rings. The van der Waals surface area contributed by atoms with Crippen LogP contribution in [0.1, 0.15) is 19.8 Å². The van der Waals surface area contributed by atoms with Crippen LogP contribution in [-0.4, -0.2) is 31.1 Å². The van der Waals surface area contributed by atoms with Gasteiger partial charge in [-0.15, -0.1) is 12.4 Å². The summed E-state index contributed by atoms with van der Waals surface area (Å²) in [5.74, 6) is -0.0521. The predicted octanol–water partition coefficient (Wildman–Crippen LogP) is -0.376. The molecule has 2 atom stereocenters. The highest BCUT2D eigenvalue weighted by atomic mass is 35.5. The fourth-order valence-corrected chi connectivity index (χ4v) is 1.31. The van der Waals surface area contributed by atoms with Crippen LogP contribution < -0.4 is 16.4 Å². The van der Waals surface area contributed by atoms with Crippen molar-refractivity contribution >= 4 is 18.3 Å². The Morgan fingerprint density at radius 1 is 1.69 bits per heavy atom. The first-order valence-corrected chi connectivity index (χ1v) is 4.47. The SMILES string of the molecule is CC(N)C(=O)N[C@@H]1CCCNC1.Cl. The second-order valence-electron chi connectivity index (χ2n) is 3.34. The summed E-state index contributed by atoms with van der Waals surface area (Å²) in [5, 5.41) is 6.12. The number of rotatable bonds is 2. The molecule has 0 bridgehead atoms. The summed E-state index contributed by atoms with van der Waals surface area (Å²) in [6.07, 6.45) is 2.19. The van der Waals surface area contributed by atoms with Crippen molar-refractivity contribution in [2.45, 2.75) is 31.8 Å². The van der Waals surface area contributed by atoms with Gasteiger partial charge in [0.15, 0.2) is 0 Å². The van der Waals surface area contributed by atoms with Gasteiger partial charge in [-0.1, -0.05) is 0 Å². The lowest BCUT2D eigenvalue weighted by molar-refractivity contribution is -0.122. The maximum absolute atomic E-state index is 11.1. The number of carbonyl (C=O) groups is 1. The smallest absolute Gasteiger partial charge is 0.236 e. The minimum absolute atomic E-state index is 0. The Kier molecular flexibility index (Phi) is 6.03. The number of piperidine rings is 1. The minimum Gasteiger partial charge on any atom is -0.351 e. The molecule has 1 rings (SSSR count). The molecule has 0 aromatic heterocycles. The molecule has 0 aliphatic carbocycles. The highest BCUT2D eigenvalue weighted by Gasteiger charge is 2.16. The summed E-state index contributed by atoms with van der Waals surface area (Å²) in [7, 11) is 0. The first-order valence-electron chi connectivity index (χ1n) is 4.47. The van der Waals surface area contributed by atoms with E-state index in [1.165, 1.54) is 0 Å². The van der Waals surface area contributed by atoms with Crippen molar-refractivity contribution < 1.29 is 4.79 Å². The van der Waals surface area contributed by atoms with E-state index in [1.54, 1.807) is 6.92 Å². The monoisotopic (exact) mass is 207 g/mol. The standard InChI is InChI=1S/C8H17N3O.ClH/c1-6(9)8(12)11-7-3-2-4-10-5-7;/h6-7,10H,2-5,9H2,1H3,(H,11,12);1H/t6?,7-;/m1./s1. The van der Waals surface area contributed by atoms with Gasteiger partial charge in [-0.2, -0.15) is 0 Å². The molecule has 5 heteroatoms. The van der Waals surface area contributed by atoms with Crippen LogP contribution in [0.4, 0.5) is 0 Å². The molecule has 0 radical (unpaired) electrons. The average Bonchev–Trinajstić information content (AvgIpc) is 2.06. The first kappa shape index (κ1) is 12.7. The van der Waals surface area contributed by atoms with E-state index in [2.05, 4.69) is 10.6 Å². The zero-order valence-corrected chi connectivity index (χ0v) is 8.69. The highest BCUT2D eigenvalue weighted by molar-refractivity contribution is 5.85. The van der Waals surface area contributed by atoms with Crippen LogP contribution in [0.3, 0.4) is 0 Å². The molecule has 0 aromatic rings. The summed E-state index contributed by atoms with van der Waals surface area (Å²) in [6, 6.07) is -0.121. The lowest BCUT2D eigenvalue weighted by Crippen LogP contribution is -2.49. The van der Waals surface area contributed by atoms with E-state index in [0.717, 1.165) is 25.9 Å². The molecule has 4 nitrogen and oxygen atoms in total. The molecule has 0 saturated carbocycles. The highest BCUT2D eigenvalue weighted by Crippen LogP contribution is 2.00. The van der Waals surface area contributed by atoms with Crippen LogP contribution in [0, 0.1) is 0 Å². The summed E-state index contributed by atoms with van der Waals surface area (Å²) in [4.78, 5) is 11.1. The van der Waals surface area contributed by atoms with Gasteiger partial charge in [-0.3, -0.25) is 4.79 Å². The molecule has 1 saturated heterocycles. The van der Waals surface area contributed by atoms with Crippen LogP contribution in [0.5, 0.6) is 0 Å². The number of hydrogen-bond donors (Lipinski definition) is 3. The largest absolute Gasteiger partial charge is 0.351 e. The Hall–Kier alpha value is -0.320. The second kappa shape index (κ2) is 6.18. The molecule has 4 N–H and O–H groups in total. The van der Waals surface area contributed by atoms with Crippen LogP contribution in [0.15, 0.2) is 0 Å². The molecule has 0 spiro atoms. The Morgan fingerprint density at radius 3 is 2.85 bits per heavy atom. The lowest BCUT2D eigenvalue weighted by Gasteiger charge is -2.24. The molecule has 1 aliphatic heterocycles. The average molecular weight is 208 g/mol. The zero-order chi connectivity index (χ0) is 8.97. The van der Waals surface area contributed by atoms with Crippen molar-refractivity contribution in [3.8, 4) is 0 Å². The lowest BCUT2D eigenvalue weighted by atomic mass is 10.1. The van der Waals surface area contributed by atoms with Crippen LogP contribution >= 0.6 is 12.4 Å². The third kappa shape index (κ3) is 4.45. The van der Waals surface area contributed by atoms with E-state index in [-0.39, 0.29) is 24.4 Å². The van der Waals surface area contributed by atoms with E-state index in [9.17, 15) is 4.79 Å². The molecule has 1 heterocycles. The van der Waals surface area contributed by atoms with Crippen LogP contribution in [0.2, 0.25) is 0 Å². The Bertz CT molecular complexity index is 157. The van der Waals surface area contributed by atoms with E-state index in [1.807, 2.05) is 0 Å². The van der Waals surface area contributed by atoms with E-state index in [0.29, 0.717) is 0 Å². The van der Waals surface area contributed by atoms with Crippen LogP contribution in [0.25, 0.3) is 0 Å². The van der Waals surface area contributed by atoms with Crippen molar-refractivity contribution in [2.24, 2.45) is 5.73 Å². The summed E-state index contributed by atoms with van der Waals surface area (Å²) < 4.78 is 0. The van der Waals surface area contributed by atoms with Crippen molar-refractivity contribution in [3.05, 3.63) is 0 Å². The topological polar surface area (TPSA) is 67.2 Å². The fourth-order valence-electron chi connectivity index (χ4n) is 1.31. The van der Waals surface area contributed by atoms with Gasteiger partial charge in [-0.25, -0.2) is 0 Å². The van der Waals surface area contributed by atoms with Gasteiger partial charge in [0.2, 0.25) is 5.91 Å². The first-order chi connectivity index (χ1) is 5.70. The summed E-state index contributed by atoms with van der Waals surface area (Å²) in [6.45, 7) is 3.63. The van der Waals surface area contributed by atoms with Crippen molar-refractivity contribution in [1.82, 2.24) is 10.6 Å². The van der Waals surface area contributed by atoms with E-state index in [4.69, 9.17) is 5.73 Å². The summed E-state index contributed by atoms with van der Waals surface area (Å²) in [5.41, 5.74) is 5.42. The predicted molar refractivity (Wildman–Crippen MR) is 54.9 cm³/mol. The quantitative estimate of drug-likeness (QED) is 0.579. The van der Waals surface area contributed by atoms with Crippen molar-refractivity contribution in [1.29, 1.82) is 0 Å². The molecule has 13 heavy (non-hydrogen) atoms. The number of hydrogen-bond acceptors (Lipinski definition) is 3. The number of carbonyl (C=O) groups excluding carboxylic acids is 1. The van der Waals surface area contributed by atoms with Crippen molar-refractivity contribution in [2.75, 3.05) is 13.1 Å². The van der Waals surface area contributed by atoms with Crippen molar-refractivity contribution in [3.63, 3.8) is 0 Å². The van der Waals surface area contributed by atoms with Gasteiger partial charge in [0, 0.05) is 12.6 Å². The molecular formula is C8H18ClN3O. The Morgan fingerprint density at radius 2 is 2.38 bits per heavy atom. The normalized spacial score (nSPS) is 24.3. The van der Waals surface area contributed by atoms with Gasteiger partial charge < -0.3 is 16.4 Å². The van der Waals surface area contributed by atoms with Gasteiger partial charge in [0.25, 0.3) is 0 Å². The molecule has 1 amide bonds. The fraction of sp³-hybridized carbons (Fsp3) is 0.875. The second-order valence-corrected chi connectivity index (χ2v) is 3.34. The van der Waals surface area contributed by atoms with Gasteiger partial charge in [-0.05, 0) is 26.3 Å². The van der Waals surface area contributed by atoms with E-state index >= 15 is 0 Å². The Labute approximate surface area is 85.0 Å². The molecule has 78 valence electrons. The summed E-state index contributed by atoms with van der Waals surface area (Å²) >= 11 is 0. The van der Waals surface area contributed by atoms with Gasteiger partial charge >= 0.3 is 0 Å². The molecule has 1 fully saturated rings. The zero-order valence-electron chi connectivity index (χ0n) is 7.88. The third-order valence-corrected chi connectivity index (χ3v) is 2.06. The molecule has 0 aromatic carbocycles. The number of nitrogens with one attached hydrogen (secondary N) is 2. The molecular weight excluding hydrogens is 190 g/mol. The number of amides is 1. The van der Waals surface area contributed by atoms with Gasteiger partial charge in [0.1, 0.15) is 0 Å². The minimum atomic E-state index is -0.396. The number of halogens is 1. The Balaban J connectivity index is 0.00000144. The maximum atomic E-state index is 11.1. The third-order valence-electron chi connectivity index (χ3n) is 2.06. The number of nitrogens with two attached hydrogens (primary N) is 1. The maximum Gasteiger partial charge on any atom is 0.236 e. The van der Waals surface area contributed by atoms with Crippen LogP contribution in [-0.2, 0) is 4.79 Å².